The molecule has 180 valence electrons. The van der Waals surface area contributed by atoms with Gasteiger partial charge in [-0.25, -0.2) is 4.79 Å². The second kappa shape index (κ2) is 11.2. The van der Waals surface area contributed by atoms with Gasteiger partial charge in [0.2, 0.25) is 5.91 Å². The first-order valence-electron chi connectivity index (χ1n) is 9.32. The predicted molar refractivity (Wildman–Crippen MR) is 96.8 cm³/mol. The summed E-state index contributed by atoms with van der Waals surface area (Å²) in [6.07, 6.45) is -15.9. The number of aliphatic hydroxyl groups excluding tert-OH is 7. The normalized spacial score (nSPS) is 32.1. The third-order valence-corrected chi connectivity index (χ3v) is 4.75. The summed E-state index contributed by atoms with van der Waals surface area (Å²) >= 11 is 0. The lowest BCUT2D eigenvalue weighted by Crippen LogP contribution is -2.67. The first-order valence-corrected chi connectivity index (χ1v) is 9.32. The minimum absolute atomic E-state index is 0.0846. The molecule has 1 amide bonds. The zero-order chi connectivity index (χ0) is 24.1. The summed E-state index contributed by atoms with van der Waals surface area (Å²) in [7, 11) is 0. The van der Waals surface area contributed by atoms with Gasteiger partial charge in [0.15, 0.2) is 12.4 Å². The van der Waals surface area contributed by atoms with Crippen LogP contribution in [0.25, 0.3) is 0 Å². The van der Waals surface area contributed by atoms with Crippen molar-refractivity contribution >= 4 is 18.2 Å². The highest BCUT2D eigenvalue weighted by Crippen LogP contribution is 2.31. The first kappa shape index (κ1) is 27.3. The summed E-state index contributed by atoms with van der Waals surface area (Å²) in [6.45, 7) is 1.19. The van der Waals surface area contributed by atoms with Crippen LogP contribution in [0.2, 0.25) is 0 Å². The summed E-state index contributed by atoms with van der Waals surface area (Å²) in [5.41, 5.74) is 0. The molecular formula is C17H29NO13. The fraction of sp³-hybridized carbons (Fsp3) is 0.824. The maximum atomic E-state index is 12.5. The molecule has 31 heavy (non-hydrogen) atoms. The molecule has 1 aliphatic heterocycles. The molecule has 1 fully saturated rings. The third-order valence-electron chi connectivity index (χ3n) is 4.75. The minimum atomic E-state index is -3.02. The van der Waals surface area contributed by atoms with Crippen molar-refractivity contribution in [3.63, 3.8) is 0 Å². The average Bonchev–Trinajstić information content (AvgIpc) is 2.70. The van der Waals surface area contributed by atoms with Gasteiger partial charge in [-0.3, -0.25) is 9.59 Å². The summed E-state index contributed by atoms with van der Waals surface area (Å²) in [5.74, 6) is -5.42. The Balaban J connectivity index is 3.13. The van der Waals surface area contributed by atoms with Crippen LogP contribution in [0, 0.1) is 0 Å². The molecule has 0 aromatic carbocycles. The molecular weight excluding hydrogens is 426 g/mol. The zero-order valence-electron chi connectivity index (χ0n) is 16.8. The number of rotatable bonds is 10. The fourth-order valence-corrected chi connectivity index (χ4v) is 3.00. The molecule has 9 N–H and O–H groups in total. The van der Waals surface area contributed by atoms with Crippen LogP contribution in [-0.4, -0.2) is 126 Å². The molecule has 14 nitrogen and oxygen atoms in total. The van der Waals surface area contributed by atoms with Crippen molar-refractivity contribution in [2.24, 2.45) is 0 Å². The third kappa shape index (κ3) is 6.61. The Labute approximate surface area is 176 Å². The lowest BCUT2D eigenvalue weighted by atomic mass is 9.88. The highest BCUT2D eigenvalue weighted by atomic mass is 16.7. The van der Waals surface area contributed by atoms with E-state index in [0.717, 1.165) is 13.8 Å². The van der Waals surface area contributed by atoms with Gasteiger partial charge >= 0.3 is 5.97 Å². The number of carbonyl (C=O) groups is 3. The number of amides is 1. The van der Waals surface area contributed by atoms with Crippen LogP contribution in [0.15, 0.2) is 0 Å². The molecule has 1 rings (SSSR count). The van der Waals surface area contributed by atoms with Gasteiger partial charge in [0.25, 0.3) is 5.79 Å². The van der Waals surface area contributed by atoms with Gasteiger partial charge in [0.1, 0.15) is 30.5 Å². The SMILES string of the molecule is CC(=O)N[C@H]1[C@H]([C@H](O)[C@H](O)CO)O[C@](O)(C(=O)O[C@@H](C=O)[C@@H](O)[C@@H](O)[C@@H](C)O)C[C@@H]1O. The molecule has 0 bridgehead atoms. The van der Waals surface area contributed by atoms with E-state index in [1.165, 1.54) is 0 Å². The van der Waals surface area contributed by atoms with Crippen LogP contribution in [0.4, 0.5) is 0 Å². The number of ether oxygens (including phenoxy) is 2. The number of aldehydes is 1. The van der Waals surface area contributed by atoms with Crippen molar-refractivity contribution in [1.82, 2.24) is 5.32 Å². The van der Waals surface area contributed by atoms with Crippen LogP contribution in [0.5, 0.6) is 0 Å². The fourth-order valence-electron chi connectivity index (χ4n) is 3.00. The van der Waals surface area contributed by atoms with Crippen LogP contribution < -0.4 is 5.32 Å². The van der Waals surface area contributed by atoms with Crippen molar-refractivity contribution in [2.75, 3.05) is 6.61 Å². The van der Waals surface area contributed by atoms with Crippen LogP contribution in [0.3, 0.4) is 0 Å². The van der Waals surface area contributed by atoms with Crippen molar-refractivity contribution in [3.05, 3.63) is 0 Å². The monoisotopic (exact) mass is 455 g/mol. The highest BCUT2D eigenvalue weighted by molar-refractivity contribution is 5.80. The quantitative estimate of drug-likeness (QED) is 0.110. The van der Waals surface area contributed by atoms with Crippen molar-refractivity contribution in [1.29, 1.82) is 0 Å². The maximum absolute atomic E-state index is 12.5. The molecule has 0 radical (unpaired) electrons. The van der Waals surface area contributed by atoms with E-state index in [9.17, 15) is 50.1 Å². The Kier molecular flexibility index (Phi) is 9.87. The molecule has 1 aliphatic rings. The van der Waals surface area contributed by atoms with Gasteiger partial charge < -0.3 is 55.6 Å². The second-order valence-electron chi connectivity index (χ2n) is 7.33. The number of aliphatic hydroxyl groups is 8. The second-order valence-corrected chi connectivity index (χ2v) is 7.33. The van der Waals surface area contributed by atoms with E-state index in [0.29, 0.717) is 0 Å². The number of carbonyl (C=O) groups excluding carboxylic acids is 3. The molecule has 0 spiro atoms. The molecule has 10 atom stereocenters. The van der Waals surface area contributed by atoms with E-state index < -0.39 is 85.6 Å². The lowest BCUT2D eigenvalue weighted by molar-refractivity contribution is -0.299. The molecule has 0 aromatic heterocycles. The van der Waals surface area contributed by atoms with Crippen LogP contribution in [0.1, 0.15) is 20.3 Å². The van der Waals surface area contributed by atoms with E-state index in [4.69, 9.17) is 9.84 Å². The first-order chi connectivity index (χ1) is 14.3. The summed E-state index contributed by atoms with van der Waals surface area (Å²) in [5, 5.41) is 80.9. The van der Waals surface area contributed by atoms with Crippen molar-refractivity contribution < 1.29 is 64.7 Å². The number of hydrogen-bond acceptors (Lipinski definition) is 13. The Bertz CT molecular complexity index is 631. The number of nitrogens with one attached hydrogen (secondary N) is 1. The molecule has 0 aromatic rings. The zero-order valence-corrected chi connectivity index (χ0v) is 16.8. The molecule has 0 unspecified atom stereocenters. The minimum Gasteiger partial charge on any atom is -0.448 e. The highest BCUT2D eigenvalue weighted by Gasteiger charge is 2.55. The molecule has 14 heteroatoms. The van der Waals surface area contributed by atoms with E-state index in [2.05, 4.69) is 10.1 Å². The maximum Gasteiger partial charge on any atom is 0.367 e. The summed E-state index contributed by atoms with van der Waals surface area (Å²) in [6, 6.07) is -1.42. The van der Waals surface area contributed by atoms with Crippen molar-refractivity contribution in [2.45, 2.75) is 80.9 Å². The van der Waals surface area contributed by atoms with Gasteiger partial charge in [-0.1, -0.05) is 0 Å². The molecule has 1 saturated heterocycles. The number of hydrogen-bond donors (Lipinski definition) is 9. The van der Waals surface area contributed by atoms with Gasteiger partial charge in [-0.15, -0.1) is 0 Å². The summed E-state index contributed by atoms with van der Waals surface area (Å²) < 4.78 is 9.77. The lowest BCUT2D eigenvalue weighted by Gasteiger charge is -2.45. The average molecular weight is 455 g/mol. The molecule has 0 saturated carbocycles. The van der Waals surface area contributed by atoms with Crippen LogP contribution >= 0.6 is 0 Å². The Morgan fingerprint density at radius 3 is 2.26 bits per heavy atom. The van der Waals surface area contributed by atoms with Crippen molar-refractivity contribution in [3.8, 4) is 0 Å². The molecule has 1 heterocycles. The molecule has 0 aliphatic carbocycles. The largest absolute Gasteiger partial charge is 0.448 e. The smallest absolute Gasteiger partial charge is 0.367 e. The van der Waals surface area contributed by atoms with Crippen LogP contribution in [-0.2, 0) is 23.9 Å². The van der Waals surface area contributed by atoms with Gasteiger partial charge in [-0.05, 0) is 6.92 Å². The standard InChI is InChI=1S/C17H29NO13/c1-6(21)12(25)14(27)10(5-20)30-16(28)17(29)3-8(23)11(18-7(2)22)15(31-17)13(26)9(24)4-19/h5-6,8-15,19,21,23-27,29H,3-4H2,1-2H3,(H,18,22)/t6-,8+,9-,10+,11-,12+,13-,14-,15-,17+/m1/s1. The van der Waals surface area contributed by atoms with E-state index in [1.807, 2.05) is 0 Å². The van der Waals surface area contributed by atoms with Gasteiger partial charge in [-0.2, -0.15) is 0 Å². The Hall–Kier alpha value is -1.75. The topological polar surface area (TPSA) is 244 Å². The van der Waals surface area contributed by atoms with Gasteiger partial charge in [0, 0.05) is 13.3 Å². The Morgan fingerprint density at radius 1 is 1.23 bits per heavy atom. The Morgan fingerprint density at radius 2 is 1.81 bits per heavy atom. The van der Waals surface area contributed by atoms with E-state index in [1.54, 1.807) is 0 Å². The summed E-state index contributed by atoms with van der Waals surface area (Å²) in [4.78, 5) is 35.1. The van der Waals surface area contributed by atoms with E-state index >= 15 is 0 Å². The predicted octanol–water partition coefficient (Wildman–Crippen LogP) is -5.74. The van der Waals surface area contributed by atoms with Gasteiger partial charge in [0.05, 0.1) is 24.9 Å². The van der Waals surface area contributed by atoms with E-state index in [-0.39, 0.29) is 6.29 Å². The number of esters is 1.